The van der Waals surface area contributed by atoms with E-state index in [1.54, 1.807) is 13.0 Å². The summed E-state index contributed by atoms with van der Waals surface area (Å²) in [4.78, 5) is 10.9. The van der Waals surface area contributed by atoms with Gasteiger partial charge in [0.15, 0.2) is 0 Å². The lowest BCUT2D eigenvalue weighted by molar-refractivity contribution is -0.118. The van der Waals surface area contributed by atoms with E-state index in [0.717, 1.165) is 5.56 Å². The summed E-state index contributed by atoms with van der Waals surface area (Å²) in [5.74, 6) is -0.444. The number of nitriles is 1. The van der Waals surface area contributed by atoms with Gasteiger partial charge in [-0.05, 0) is 25.5 Å². The normalized spacial score (nSPS) is 11.5. The number of hydrogen-bond acceptors (Lipinski definition) is 3. The lowest BCUT2D eigenvalue weighted by atomic mass is 10.1. The van der Waals surface area contributed by atoms with Crippen LogP contribution < -0.4 is 11.1 Å². The van der Waals surface area contributed by atoms with Crippen molar-refractivity contribution < 1.29 is 4.79 Å². The predicted octanol–water partition coefficient (Wildman–Crippen LogP) is 1.15. The number of nitrogens with zero attached hydrogens (tertiary/aromatic N) is 1. The first-order valence-corrected chi connectivity index (χ1v) is 4.62. The van der Waals surface area contributed by atoms with Gasteiger partial charge >= 0.3 is 0 Å². The van der Waals surface area contributed by atoms with Crippen molar-refractivity contribution in [3.8, 4) is 6.07 Å². The molecule has 1 rings (SSSR count). The van der Waals surface area contributed by atoms with Crippen molar-refractivity contribution >= 4 is 11.6 Å². The number of carbonyl (C=O) groups excluding carboxylic acids is 1. The highest BCUT2D eigenvalue weighted by molar-refractivity contribution is 5.83. The van der Waals surface area contributed by atoms with Gasteiger partial charge in [-0.15, -0.1) is 0 Å². The van der Waals surface area contributed by atoms with Gasteiger partial charge in [0.25, 0.3) is 0 Å². The van der Waals surface area contributed by atoms with E-state index in [2.05, 4.69) is 11.4 Å². The maximum Gasteiger partial charge on any atom is 0.239 e. The van der Waals surface area contributed by atoms with Crippen LogP contribution in [0.3, 0.4) is 0 Å². The molecule has 0 aliphatic carbocycles. The molecule has 3 N–H and O–H groups in total. The largest absolute Gasteiger partial charge is 0.373 e. The fraction of sp³-hybridized carbons (Fsp3) is 0.273. The van der Waals surface area contributed by atoms with Gasteiger partial charge in [0.1, 0.15) is 12.1 Å². The molecule has 4 heteroatoms. The average Bonchev–Trinajstić information content (AvgIpc) is 2.18. The lowest BCUT2D eigenvalue weighted by Gasteiger charge is -2.13. The van der Waals surface area contributed by atoms with Crippen LogP contribution in [0.15, 0.2) is 18.2 Å². The second kappa shape index (κ2) is 4.47. The molecule has 15 heavy (non-hydrogen) atoms. The Labute approximate surface area is 88.7 Å². The molecule has 78 valence electrons. The van der Waals surface area contributed by atoms with Crippen LogP contribution >= 0.6 is 0 Å². The van der Waals surface area contributed by atoms with E-state index in [-0.39, 0.29) is 0 Å². The molecule has 1 aromatic carbocycles. The fourth-order valence-electron chi connectivity index (χ4n) is 1.24. The first kappa shape index (κ1) is 11.1. The van der Waals surface area contributed by atoms with Crippen LogP contribution in [0.25, 0.3) is 0 Å². The van der Waals surface area contributed by atoms with Crippen molar-refractivity contribution in [1.82, 2.24) is 0 Å². The van der Waals surface area contributed by atoms with Crippen LogP contribution in [0.2, 0.25) is 0 Å². The highest BCUT2D eigenvalue weighted by Gasteiger charge is 2.11. The number of hydrogen-bond donors (Lipinski definition) is 2. The minimum absolute atomic E-state index is 0.444. The number of amides is 1. The van der Waals surface area contributed by atoms with Gasteiger partial charge < -0.3 is 11.1 Å². The van der Waals surface area contributed by atoms with Gasteiger partial charge in [0.2, 0.25) is 5.91 Å². The van der Waals surface area contributed by atoms with Crippen molar-refractivity contribution in [2.24, 2.45) is 5.73 Å². The molecule has 0 aliphatic rings. The van der Waals surface area contributed by atoms with E-state index >= 15 is 0 Å². The van der Waals surface area contributed by atoms with Gasteiger partial charge in [-0.2, -0.15) is 5.26 Å². The summed E-state index contributed by atoms with van der Waals surface area (Å²) in [6.07, 6.45) is 0. The van der Waals surface area contributed by atoms with Crippen LogP contribution in [0.4, 0.5) is 5.69 Å². The van der Waals surface area contributed by atoms with E-state index in [1.165, 1.54) is 0 Å². The zero-order valence-electron chi connectivity index (χ0n) is 8.74. The summed E-state index contributed by atoms with van der Waals surface area (Å²) in [5, 5.41) is 11.8. The highest BCUT2D eigenvalue weighted by atomic mass is 16.1. The number of aryl methyl sites for hydroxylation is 1. The van der Waals surface area contributed by atoms with E-state index < -0.39 is 11.9 Å². The van der Waals surface area contributed by atoms with Crippen LogP contribution in [-0.2, 0) is 4.79 Å². The van der Waals surface area contributed by atoms with Crippen LogP contribution in [0.1, 0.15) is 18.1 Å². The monoisotopic (exact) mass is 203 g/mol. The molecule has 0 bridgehead atoms. The van der Waals surface area contributed by atoms with Gasteiger partial charge in [0.05, 0.1) is 11.3 Å². The summed E-state index contributed by atoms with van der Waals surface area (Å²) >= 11 is 0. The van der Waals surface area contributed by atoms with E-state index in [0.29, 0.717) is 11.3 Å². The van der Waals surface area contributed by atoms with Crippen LogP contribution in [-0.4, -0.2) is 11.9 Å². The molecule has 0 aliphatic heterocycles. The van der Waals surface area contributed by atoms with Gasteiger partial charge in [-0.25, -0.2) is 0 Å². The molecular formula is C11H13N3O. The third kappa shape index (κ3) is 2.47. The molecule has 1 atom stereocenters. The Morgan fingerprint density at radius 3 is 2.80 bits per heavy atom. The first-order chi connectivity index (χ1) is 7.06. The fourth-order valence-corrected chi connectivity index (χ4v) is 1.24. The smallest absolute Gasteiger partial charge is 0.239 e. The molecule has 0 radical (unpaired) electrons. The summed E-state index contributed by atoms with van der Waals surface area (Å²) in [5.41, 5.74) is 7.19. The van der Waals surface area contributed by atoms with Gasteiger partial charge in [0, 0.05) is 0 Å². The lowest BCUT2D eigenvalue weighted by Crippen LogP contribution is -2.32. The molecule has 0 fully saturated rings. The minimum Gasteiger partial charge on any atom is -0.373 e. The van der Waals surface area contributed by atoms with E-state index in [1.807, 2.05) is 19.1 Å². The Morgan fingerprint density at radius 1 is 1.60 bits per heavy atom. The number of benzene rings is 1. The van der Waals surface area contributed by atoms with Crippen molar-refractivity contribution in [1.29, 1.82) is 5.26 Å². The zero-order chi connectivity index (χ0) is 11.4. The summed E-state index contributed by atoms with van der Waals surface area (Å²) < 4.78 is 0. The van der Waals surface area contributed by atoms with E-state index in [4.69, 9.17) is 11.0 Å². The second-order valence-electron chi connectivity index (χ2n) is 3.38. The molecule has 4 nitrogen and oxygen atoms in total. The predicted molar refractivity (Wildman–Crippen MR) is 58.2 cm³/mol. The number of anilines is 1. The number of nitrogens with two attached hydrogens (primary N) is 1. The Kier molecular flexibility index (Phi) is 3.29. The first-order valence-electron chi connectivity index (χ1n) is 4.62. The van der Waals surface area contributed by atoms with Crippen LogP contribution in [0.5, 0.6) is 0 Å². The topological polar surface area (TPSA) is 78.9 Å². The Bertz CT molecular complexity index is 420. The molecule has 1 unspecified atom stereocenters. The minimum atomic E-state index is -0.487. The zero-order valence-corrected chi connectivity index (χ0v) is 8.74. The number of rotatable bonds is 3. The molecule has 0 spiro atoms. The van der Waals surface area contributed by atoms with Crippen molar-refractivity contribution in [2.45, 2.75) is 19.9 Å². The maximum absolute atomic E-state index is 10.9. The summed E-state index contributed by atoms with van der Waals surface area (Å²) in [6.45, 7) is 3.50. The Hall–Kier alpha value is -2.02. The summed E-state index contributed by atoms with van der Waals surface area (Å²) in [7, 11) is 0. The Balaban J connectivity index is 3.01. The molecule has 0 heterocycles. The number of nitrogens with one attached hydrogen (secondary N) is 1. The quantitative estimate of drug-likeness (QED) is 0.773. The molecule has 1 amide bonds. The SMILES string of the molecule is Cc1cccc(NC(C)C(N)=O)c1C#N. The average molecular weight is 203 g/mol. The Morgan fingerprint density at radius 2 is 2.27 bits per heavy atom. The van der Waals surface area contributed by atoms with Gasteiger partial charge in [-0.3, -0.25) is 4.79 Å². The molecule has 0 saturated heterocycles. The molecule has 0 aromatic heterocycles. The van der Waals surface area contributed by atoms with Crippen LogP contribution in [0, 0.1) is 18.3 Å². The van der Waals surface area contributed by atoms with Crippen molar-refractivity contribution in [2.75, 3.05) is 5.32 Å². The molecule has 0 saturated carbocycles. The maximum atomic E-state index is 10.9. The highest BCUT2D eigenvalue weighted by Crippen LogP contribution is 2.18. The molecular weight excluding hydrogens is 190 g/mol. The van der Waals surface area contributed by atoms with E-state index in [9.17, 15) is 4.79 Å². The number of primary amides is 1. The van der Waals surface area contributed by atoms with Crippen molar-refractivity contribution in [3.63, 3.8) is 0 Å². The number of carbonyl (C=O) groups is 1. The van der Waals surface area contributed by atoms with Crippen molar-refractivity contribution in [3.05, 3.63) is 29.3 Å². The molecule has 1 aromatic rings. The van der Waals surface area contributed by atoms with Gasteiger partial charge in [-0.1, -0.05) is 12.1 Å². The standard InChI is InChI=1S/C11H13N3O/c1-7-4-3-5-10(9(7)6-12)14-8(2)11(13)15/h3-5,8,14H,1-2H3,(H2,13,15). The third-order valence-corrected chi connectivity index (χ3v) is 2.18. The summed E-state index contributed by atoms with van der Waals surface area (Å²) in [6, 6.07) is 7.03. The second-order valence-corrected chi connectivity index (χ2v) is 3.38. The third-order valence-electron chi connectivity index (χ3n) is 2.18.